The van der Waals surface area contributed by atoms with Crippen LogP contribution in [0.1, 0.15) is 31.9 Å². The van der Waals surface area contributed by atoms with E-state index in [0.717, 1.165) is 17.1 Å². The highest BCUT2D eigenvalue weighted by Gasteiger charge is 2.14. The summed E-state index contributed by atoms with van der Waals surface area (Å²) in [4.78, 5) is 26.8. The van der Waals surface area contributed by atoms with Crippen LogP contribution in [0.15, 0.2) is 16.5 Å². The summed E-state index contributed by atoms with van der Waals surface area (Å²) < 4.78 is 5.32. The number of nitrogens with zero attached hydrogens (tertiary/aromatic N) is 1. The minimum Gasteiger partial charge on any atom is -0.477 e. The fourth-order valence-electron chi connectivity index (χ4n) is 1.69. The molecule has 2 rings (SSSR count). The molecule has 0 aliphatic carbocycles. The van der Waals surface area contributed by atoms with E-state index < -0.39 is 5.97 Å². The molecule has 0 aromatic carbocycles. The molecule has 0 bridgehead atoms. The van der Waals surface area contributed by atoms with Gasteiger partial charge in [0.2, 0.25) is 0 Å². The quantitative estimate of drug-likeness (QED) is 0.784. The lowest BCUT2D eigenvalue weighted by molar-refractivity contribution is 0.0701. The van der Waals surface area contributed by atoms with Crippen LogP contribution in [-0.2, 0) is 13.1 Å². The summed E-state index contributed by atoms with van der Waals surface area (Å²) in [5.41, 5.74) is 0.454. The number of carbonyl (C=O) groups is 2. The van der Waals surface area contributed by atoms with Crippen molar-refractivity contribution in [2.45, 2.75) is 26.9 Å². The number of carbonyl (C=O) groups excluding carboxylic acids is 1. The molecule has 7 nitrogen and oxygen atoms in total. The number of carboxylic acid groups (broad SMARTS) is 1. The van der Waals surface area contributed by atoms with Crippen LogP contribution in [0.3, 0.4) is 0 Å². The smallest absolute Gasteiger partial charge is 0.347 e. The fourth-order valence-corrected chi connectivity index (χ4v) is 2.54. The number of carboxylic acids is 1. The molecule has 2 aromatic rings. The average Bonchev–Trinajstić information content (AvgIpc) is 3.00. The van der Waals surface area contributed by atoms with Crippen LogP contribution in [0.4, 0.5) is 4.79 Å². The van der Waals surface area contributed by atoms with Crippen LogP contribution in [0.2, 0.25) is 0 Å². The second-order valence-electron chi connectivity index (χ2n) is 4.38. The van der Waals surface area contributed by atoms with Gasteiger partial charge in [-0.2, -0.15) is 0 Å². The summed E-state index contributed by atoms with van der Waals surface area (Å²) in [6.45, 7) is 3.93. The van der Waals surface area contributed by atoms with Crippen molar-refractivity contribution < 1.29 is 19.1 Å². The van der Waals surface area contributed by atoms with E-state index in [2.05, 4.69) is 15.6 Å². The first-order chi connectivity index (χ1) is 9.95. The van der Waals surface area contributed by atoms with Gasteiger partial charge in [-0.25, -0.2) is 14.6 Å². The van der Waals surface area contributed by atoms with Crippen LogP contribution < -0.4 is 10.6 Å². The third kappa shape index (κ3) is 4.06. The maximum atomic E-state index is 11.6. The normalized spacial score (nSPS) is 10.4. The fraction of sp³-hybridized carbons (Fsp3) is 0.308. The van der Waals surface area contributed by atoms with Crippen molar-refractivity contribution >= 4 is 23.3 Å². The van der Waals surface area contributed by atoms with E-state index in [9.17, 15) is 9.59 Å². The molecule has 2 heterocycles. The van der Waals surface area contributed by atoms with Gasteiger partial charge in [0.15, 0.2) is 0 Å². The van der Waals surface area contributed by atoms with Crippen LogP contribution in [-0.4, -0.2) is 22.1 Å². The first kappa shape index (κ1) is 15.0. The number of hydrogen-bond acceptors (Lipinski definition) is 5. The Morgan fingerprint density at radius 3 is 2.57 bits per heavy atom. The first-order valence-corrected chi connectivity index (χ1v) is 7.04. The number of hydrogen-bond donors (Lipinski definition) is 3. The minimum absolute atomic E-state index is 0.182. The van der Waals surface area contributed by atoms with Gasteiger partial charge < -0.3 is 20.2 Å². The average molecular weight is 309 g/mol. The van der Waals surface area contributed by atoms with E-state index in [1.807, 2.05) is 13.0 Å². The predicted octanol–water partition coefficient (Wildman–Crippen LogP) is 2.05. The molecule has 2 amide bonds. The lowest BCUT2D eigenvalue weighted by Gasteiger charge is -2.04. The Morgan fingerprint density at radius 2 is 2.00 bits per heavy atom. The lowest BCUT2D eigenvalue weighted by atomic mass is 10.4. The monoisotopic (exact) mass is 309 g/mol. The molecule has 3 N–H and O–H groups in total. The number of furan rings is 1. The van der Waals surface area contributed by atoms with Gasteiger partial charge in [-0.3, -0.25) is 0 Å². The number of aryl methyl sites for hydroxylation is 2. The van der Waals surface area contributed by atoms with Crippen LogP contribution in [0.5, 0.6) is 0 Å². The van der Waals surface area contributed by atoms with Gasteiger partial charge in [0.05, 0.1) is 18.8 Å². The Labute approximate surface area is 125 Å². The Balaban J connectivity index is 1.81. The van der Waals surface area contributed by atoms with Gasteiger partial charge in [-0.05, 0) is 26.0 Å². The molecule has 8 heteroatoms. The third-order valence-corrected chi connectivity index (χ3v) is 3.80. The molecule has 0 saturated carbocycles. The highest BCUT2D eigenvalue weighted by Crippen LogP contribution is 2.17. The highest BCUT2D eigenvalue weighted by molar-refractivity contribution is 7.13. The SMILES string of the molecule is Cc1ccc(CNC(=O)NCc2nc(C)c(C(=O)O)s2)o1. The molecule has 2 aromatic heterocycles. The van der Waals surface area contributed by atoms with E-state index in [0.29, 0.717) is 16.5 Å². The molecule has 0 aliphatic rings. The molecule has 0 saturated heterocycles. The number of nitrogens with one attached hydrogen (secondary N) is 2. The number of aromatic carboxylic acids is 1. The summed E-state index contributed by atoms with van der Waals surface area (Å²) in [6.07, 6.45) is 0. The van der Waals surface area contributed by atoms with Crippen LogP contribution in [0, 0.1) is 13.8 Å². The van der Waals surface area contributed by atoms with Crippen molar-refractivity contribution in [2.75, 3.05) is 0 Å². The molecule has 0 atom stereocenters. The molecular formula is C13H15N3O4S. The molecule has 21 heavy (non-hydrogen) atoms. The van der Waals surface area contributed by atoms with Crippen molar-refractivity contribution in [2.24, 2.45) is 0 Å². The summed E-state index contributed by atoms with van der Waals surface area (Å²) in [6, 6.07) is 3.24. The molecule has 0 unspecified atom stereocenters. The van der Waals surface area contributed by atoms with Crippen LogP contribution >= 0.6 is 11.3 Å². The van der Waals surface area contributed by atoms with Crippen molar-refractivity contribution in [1.82, 2.24) is 15.6 Å². The topological polar surface area (TPSA) is 104 Å². The summed E-state index contributed by atoms with van der Waals surface area (Å²) in [7, 11) is 0. The Hall–Kier alpha value is -2.35. The van der Waals surface area contributed by atoms with E-state index in [1.54, 1.807) is 13.0 Å². The molecule has 0 radical (unpaired) electrons. The zero-order valence-electron chi connectivity index (χ0n) is 11.6. The standard InChI is InChI=1S/C13H15N3O4S/c1-7-3-4-9(20-7)5-14-13(19)15-6-10-16-8(2)11(21-10)12(17)18/h3-4H,5-6H2,1-2H3,(H,17,18)(H2,14,15,19). The largest absolute Gasteiger partial charge is 0.477 e. The van der Waals surface area contributed by atoms with E-state index in [-0.39, 0.29) is 24.0 Å². The van der Waals surface area contributed by atoms with Crippen molar-refractivity contribution in [3.63, 3.8) is 0 Å². The molecule has 0 aliphatic heterocycles. The number of thiazole rings is 1. The number of amides is 2. The molecular weight excluding hydrogens is 294 g/mol. The van der Waals surface area contributed by atoms with Crippen LogP contribution in [0.25, 0.3) is 0 Å². The lowest BCUT2D eigenvalue weighted by Crippen LogP contribution is -2.34. The zero-order chi connectivity index (χ0) is 15.4. The van der Waals surface area contributed by atoms with Gasteiger partial charge in [-0.1, -0.05) is 0 Å². The maximum absolute atomic E-state index is 11.6. The van der Waals surface area contributed by atoms with Crippen molar-refractivity contribution in [1.29, 1.82) is 0 Å². The first-order valence-electron chi connectivity index (χ1n) is 6.22. The van der Waals surface area contributed by atoms with Gasteiger partial charge >= 0.3 is 12.0 Å². The molecule has 112 valence electrons. The Bertz CT molecular complexity index is 662. The van der Waals surface area contributed by atoms with Gasteiger partial charge in [0.1, 0.15) is 21.4 Å². The number of rotatable bonds is 5. The summed E-state index contributed by atoms with van der Waals surface area (Å²) in [5, 5.41) is 14.7. The van der Waals surface area contributed by atoms with Gasteiger partial charge in [0.25, 0.3) is 0 Å². The second kappa shape index (κ2) is 6.40. The highest BCUT2D eigenvalue weighted by atomic mass is 32.1. The third-order valence-electron chi connectivity index (χ3n) is 2.65. The minimum atomic E-state index is -1.01. The van der Waals surface area contributed by atoms with Gasteiger partial charge in [-0.15, -0.1) is 11.3 Å². The van der Waals surface area contributed by atoms with Crippen molar-refractivity contribution in [3.05, 3.63) is 39.2 Å². The van der Waals surface area contributed by atoms with E-state index in [1.165, 1.54) is 0 Å². The number of aromatic nitrogens is 1. The Morgan fingerprint density at radius 1 is 1.29 bits per heavy atom. The Kier molecular flexibility index (Phi) is 4.59. The summed E-state index contributed by atoms with van der Waals surface area (Å²) >= 11 is 1.06. The van der Waals surface area contributed by atoms with Crippen molar-refractivity contribution in [3.8, 4) is 0 Å². The van der Waals surface area contributed by atoms with E-state index >= 15 is 0 Å². The maximum Gasteiger partial charge on any atom is 0.347 e. The summed E-state index contributed by atoms with van der Waals surface area (Å²) in [5.74, 6) is 0.446. The molecule has 0 fully saturated rings. The second-order valence-corrected chi connectivity index (χ2v) is 5.46. The van der Waals surface area contributed by atoms with Gasteiger partial charge in [0, 0.05) is 0 Å². The van der Waals surface area contributed by atoms with E-state index in [4.69, 9.17) is 9.52 Å². The number of urea groups is 1. The predicted molar refractivity (Wildman–Crippen MR) is 76.3 cm³/mol. The molecule has 0 spiro atoms. The zero-order valence-corrected chi connectivity index (χ0v) is 12.4.